The molecule has 0 aromatic heterocycles. The Labute approximate surface area is 71.4 Å². The van der Waals surface area contributed by atoms with Crippen molar-refractivity contribution in [1.82, 2.24) is 0 Å². The lowest BCUT2D eigenvalue weighted by molar-refractivity contribution is -0.145. The van der Waals surface area contributed by atoms with Gasteiger partial charge in [0.25, 0.3) is 0 Å². The van der Waals surface area contributed by atoms with Crippen LogP contribution in [0.15, 0.2) is 11.6 Å². The molecule has 0 aromatic rings. The van der Waals surface area contributed by atoms with E-state index < -0.39 is 6.10 Å². The molecule has 1 atom stereocenters. The second-order valence-electron chi connectivity index (χ2n) is 3.14. The highest BCUT2D eigenvalue weighted by molar-refractivity contribution is 5.96. The first-order valence-corrected chi connectivity index (χ1v) is 3.98. The fourth-order valence-electron chi connectivity index (χ4n) is 1.10. The SMILES string of the molecule is CC(C)=CC(=O)[C@@H]1CCC(=O)O1. The van der Waals surface area contributed by atoms with Crippen LogP contribution in [0.3, 0.4) is 0 Å². The predicted octanol–water partition coefficient (Wildman–Crippen LogP) is 1.23. The van der Waals surface area contributed by atoms with E-state index in [4.69, 9.17) is 4.74 Å². The van der Waals surface area contributed by atoms with Crippen molar-refractivity contribution in [3.63, 3.8) is 0 Å². The van der Waals surface area contributed by atoms with Crippen molar-refractivity contribution in [2.75, 3.05) is 0 Å². The third-order valence-corrected chi connectivity index (χ3v) is 1.63. The normalized spacial score (nSPS) is 21.8. The number of carbonyl (C=O) groups excluding carboxylic acids is 2. The summed E-state index contributed by atoms with van der Waals surface area (Å²) in [6, 6.07) is 0. The molecule has 0 unspecified atom stereocenters. The molecule has 0 amide bonds. The first kappa shape index (κ1) is 8.97. The molecule has 0 aromatic carbocycles. The zero-order chi connectivity index (χ0) is 9.14. The molecule has 0 saturated carbocycles. The number of ether oxygens (including phenoxy) is 1. The second-order valence-corrected chi connectivity index (χ2v) is 3.14. The smallest absolute Gasteiger partial charge is 0.306 e. The molecule has 66 valence electrons. The lowest BCUT2D eigenvalue weighted by atomic mass is 10.1. The van der Waals surface area contributed by atoms with E-state index in [1.807, 2.05) is 13.8 Å². The van der Waals surface area contributed by atoms with Gasteiger partial charge in [0.15, 0.2) is 11.9 Å². The highest BCUT2D eigenvalue weighted by atomic mass is 16.6. The van der Waals surface area contributed by atoms with Crippen LogP contribution in [0.25, 0.3) is 0 Å². The Bertz CT molecular complexity index is 236. The summed E-state index contributed by atoms with van der Waals surface area (Å²) in [4.78, 5) is 21.9. The summed E-state index contributed by atoms with van der Waals surface area (Å²) in [5.41, 5.74) is 0.933. The Kier molecular flexibility index (Phi) is 2.63. The molecule has 1 heterocycles. The van der Waals surface area contributed by atoms with E-state index in [9.17, 15) is 9.59 Å². The molecule has 0 radical (unpaired) electrons. The Hall–Kier alpha value is -1.12. The van der Waals surface area contributed by atoms with E-state index in [0.29, 0.717) is 12.8 Å². The molecule has 3 heteroatoms. The fourth-order valence-corrected chi connectivity index (χ4v) is 1.10. The minimum Gasteiger partial charge on any atom is -0.454 e. The zero-order valence-electron chi connectivity index (χ0n) is 7.29. The maximum atomic E-state index is 11.2. The molecule has 0 spiro atoms. The number of allylic oxidation sites excluding steroid dienone is 1. The van der Waals surface area contributed by atoms with Crippen LogP contribution in [-0.2, 0) is 14.3 Å². The van der Waals surface area contributed by atoms with Gasteiger partial charge in [-0.25, -0.2) is 0 Å². The molecule has 1 saturated heterocycles. The van der Waals surface area contributed by atoms with Gasteiger partial charge < -0.3 is 4.74 Å². The van der Waals surface area contributed by atoms with Crippen LogP contribution >= 0.6 is 0 Å². The van der Waals surface area contributed by atoms with Crippen molar-refractivity contribution in [2.24, 2.45) is 0 Å². The van der Waals surface area contributed by atoms with E-state index in [-0.39, 0.29) is 11.8 Å². The number of hydrogen-bond acceptors (Lipinski definition) is 3. The minimum absolute atomic E-state index is 0.0964. The molecule has 1 aliphatic heterocycles. The summed E-state index contributed by atoms with van der Waals surface area (Å²) in [7, 11) is 0. The quantitative estimate of drug-likeness (QED) is 0.460. The maximum Gasteiger partial charge on any atom is 0.306 e. The van der Waals surface area contributed by atoms with Gasteiger partial charge in [-0.05, 0) is 19.9 Å². The van der Waals surface area contributed by atoms with Crippen LogP contribution in [0.1, 0.15) is 26.7 Å². The Balaban J connectivity index is 2.55. The third-order valence-electron chi connectivity index (χ3n) is 1.63. The Morgan fingerprint density at radius 2 is 2.25 bits per heavy atom. The van der Waals surface area contributed by atoms with E-state index in [2.05, 4.69) is 0 Å². The number of cyclic esters (lactones) is 1. The topological polar surface area (TPSA) is 43.4 Å². The summed E-state index contributed by atoms with van der Waals surface area (Å²) in [5.74, 6) is -0.364. The van der Waals surface area contributed by atoms with Gasteiger partial charge in [-0.2, -0.15) is 0 Å². The number of rotatable bonds is 2. The Morgan fingerprint density at radius 3 is 2.67 bits per heavy atom. The average Bonchev–Trinajstić information content (AvgIpc) is 2.34. The Morgan fingerprint density at radius 1 is 1.58 bits per heavy atom. The number of esters is 1. The summed E-state index contributed by atoms with van der Waals surface area (Å²) < 4.78 is 4.79. The average molecular weight is 168 g/mol. The van der Waals surface area contributed by atoms with Gasteiger partial charge in [0.2, 0.25) is 0 Å². The lowest BCUT2D eigenvalue weighted by Crippen LogP contribution is -2.17. The minimum atomic E-state index is -0.521. The van der Waals surface area contributed by atoms with E-state index in [1.54, 1.807) is 0 Å². The maximum absolute atomic E-state index is 11.2. The first-order chi connectivity index (χ1) is 5.59. The van der Waals surface area contributed by atoms with Gasteiger partial charge in [-0.3, -0.25) is 9.59 Å². The molecule has 1 aliphatic rings. The van der Waals surface area contributed by atoms with Crippen molar-refractivity contribution in [2.45, 2.75) is 32.8 Å². The number of carbonyl (C=O) groups is 2. The summed E-state index contributed by atoms with van der Waals surface area (Å²) in [6.45, 7) is 3.68. The summed E-state index contributed by atoms with van der Waals surface area (Å²) in [5, 5.41) is 0. The molecule has 0 bridgehead atoms. The van der Waals surface area contributed by atoms with Gasteiger partial charge in [0.05, 0.1) is 0 Å². The van der Waals surface area contributed by atoms with E-state index >= 15 is 0 Å². The number of ketones is 1. The van der Waals surface area contributed by atoms with Gasteiger partial charge >= 0.3 is 5.97 Å². The van der Waals surface area contributed by atoms with Crippen LogP contribution in [0.5, 0.6) is 0 Å². The standard InChI is InChI=1S/C9H12O3/c1-6(2)5-7(10)8-3-4-9(11)12-8/h5,8H,3-4H2,1-2H3/t8-/m0/s1. The van der Waals surface area contributed by atoms with Crippen molar-refractivity contribution < 1.29 is 14.3 Å². The molecule has 1 rings (SSSR count). The molecule has 1 fully saturated rings. The highest BCUT2D eigenvalue weighted by Gasteiger charge is 2.27. The van der Waals surface area contributed by atoms with Crippen molar-refractivity contribution >= 4 is 11.8 Å². The van der Waals surface area contributed by atoms with Crippen molar-refractivity contribution in [3.8, 4) is 0 Å². The van der Waals surface area contributed by atoms with Crippen LogP contribution in [-0.4, -0.2) is 17.9 Å². The third kappa shape index (κ3) is 2.19. The van der Waals surface area contributed by atoms with E-state index in [0.717, 1.165) is 5.57 Å². The summed E-state index contributed by atoms with van der Waals surface area (Å²) in [6.07, 6.45) is 1.89. The molecular formula is C9H12O3. The molecule has 0 N–H and O–H groups in total. The van der Waals surface area contributed by atoms with Crippen LogP contribution < -0.4 is 0 Å². The molecular weight excluding hydrogens is 156 g/mol. The van der Waals surface area contributed by atoms with Gasteiger partial charge in [0, 0.05) is 12.8 Å². The van der Waals surface area contributed by atoms with Crippen LogP contribution in [0.2, 0.25) is 0 Å². The second kappa shape index (κ2) is 3.52. The first-order valence-electron chi connectivity index (χ1n) is 3.98. The van der Waals surface area contributed by atoms with Crippen LogP contribution in [0, 0.1) is 0 Å². The molecule has 3 nitrogen and oxygen atoms in total. The monoisotopic (exact) mass is 168 g/mol. The van der Waals surface area contributed by atoms with Gasteiger partial charge in [-0.15, -0.1) is 0 Å². The van der Waals surface area contributed by atoms with E-state index in [1.165, 1.54) is 6.08 Å². The van der Waals surface area contributed by atoms with Crippen LogP contribution in [0.4, 0.5) is 0 Å². The lowest BCUT2D eigenvalue weighted by Gasteiger charge is -2.03. The largest absolute Gasteiger partial charge is 0.454 e. The zero-order valence-corrected chi connectivity index (χ0v) is 7.29. The van der Waals surface area contributed by atoms with Crippen molar-refractivity contribution in [1.29, 1.82) is 0 Å². The fraction of sp³-hybridized carbons (Fsp3) is 0.556. The molecule has 0 aliphatic carbocycles. The highest BCUT2D eigenvalue weighted by Crippen LogP contribution is 2.15. The van der Waals surface area contributed by atoms with Gasteiger partial charge in [-0.1, -0.05) is 5.57 Å². The van der Waals surface area contributed by atoms with Gasteiger partial charge in [0.1, 0.15) is 0 Å². The summed E-state index contributed by atoms with van der Waals surface area (Å²) >= 11 is 0. The molecule has 12 heavy (non-hydrogen) atoms. The predicted molar refractivity (Wildman–Crippen MR) is 43.6 cm³/mol. The number of hydrogen-bond donors (Lipinski definition) is 0. The van der Waals surface area contributed by atoms with Crippen molar-refractivity contribution in [3.05, 3.63) is 11.6 Å².